The molecule has 3 aromatic rings. The van der Waals surface area contributed by atoms with Gasteiger partial charge in [-0.25, -0.2) is 0 Å². The third-order valence-corrected chi connectivity index (χ3v) is 6.44. The second kappa shape index (κ2) is 6.94. The normalized spacial score (nSPS) is 17.9. The van der Waals surface area contributed by atoms with Crippen molar-refractivity contribution < 1.29 is 4.58 Å². The minimum absolute atomic E-state index is 0.279. The molecule has 0 aromatic heterocycles. The first kappa shape index (κ1) is 17.2. The van der Waals surface area contributed by atoms with Crippen LogP contribution in [-0.2, 0) is 5.41 Å². The van der Waals surface area contributed by atoms with Crippen LogP contribution in [0.4, 0.5) is 17.1 Å². The zero-order chi connectivity index (χ0) is 19.0. The molecule has 2 heteroatoms. The number of nitrogens with zero attached hydrogens (tertiary/aromatic N) is 2. The van der Waals surface area contributed by atoms with Crippen molar-refractivity contribution in [3.05, 3.63) is 90.0 Å². The summed E-state index contributed by atoms with van der Waals surface area (Å²) in [6.07, 6.45) is 7.58. The monoisotopic (exact) mass is 367 g/mol. The Hall–Kier alpha value is -2.87. The molecule has 5 rings (SSSR count). The van der Waals surface area contributed by atoms with Gasteiger partial charge in [0.25, 0.3) is 0 Å². The lowest BCUT2D eigenvalue weighted by molar-refractivity contribution is -0.434. The highest BCUT2D eigenvalue weighted by Gasteiger charge is 2.37. The van der Waals surface area contributed by atoms with Crippen molar-refractivity contribution in [3.8, 4) is 0 Å². The molecule has 140 valence electrons. The fraction of sp³-hybridized carbons (Fsp3) is 0.269. The predicted octanol–water partition coefficient (Wildman–Crippen LogP) is 6.39. The Labute approximate surface area is 167 Å². The molecular formula is C26H27N2+. The van der Waals surface area contributed by atoms with Crippen LogP contribution in [0.1, 0.15) is 43.7 Å². The number of fused-ring (bicyclic) bond motifs is 1. The standard InChI is InChI=1S/C26H27N2/c1-26(17-8-9-18-26)24-16-10-11-21-19-27(22-12-4-2-5-13-22)20-28(25(21)24)23-14-6-3-7-15-23/h2-7,10-16,19H,8-9,17-18,20H2,1H3/q+1. The molecule has 0 radical (unpaired) electrons. The lowest BCUT2D eigenvalue weighted by atomic mass is 9.78. The lowest BCUT2D eigenvalue weighted by Crippen LogP contribution is -2.34. The topological polar surface area (TPSA) is 6.25 Å². The van der Waals surface area contributed by atoms with Crippen LogP contribution >= 0.6 is 0 Å². The van der Waals surface area contributed by atoms with Gasteiger partial charge < -0.3 is 0 Å². The van der Waals surface area contributed by atoms with Crippen molar-refractivity contribution >= 4 is 23.3 Å². The zero-order valence-electron chi connectivity index (χ0n) is 16.5. The van der Waals surface area contributed by atoms with Crippen molar-refractivity contribution in [2.75, 3.05) is 11.6 Å². The van der Waals surface area contributed by atoms with E-state index < -0.39 is 0 Å². The summed E-state index contributed by atoms with van der Waals surface area (Å²) in [6.45, 7) is 3.29. The Balaban J connectivity index is 1.71. The van der Waals surface area contributed by atoms with Crippen LogP contribution in [0.25, 0.3) is 0 Å². The minimum atomic E-state index is 0.279. The van der Waals surface area contributed by atoms with Gasteiger partial charge in [-0.3, -0.25) is 4.90 Å². The van der Waals surface area contributed by atoms with Gasteiger partial charge in [0, 0.05) is 17.8 Å². The molecule has 1 aliphatic carbocycles. The van der Waals surface area contributed by atoms with E-state index in [9.17, 15) is 0 Å². The minimum Gasteiger partial charge on any atom is -0.285 e. The van der Waals surface area contributed by atoms with Crippen LogP contribution in [-0.4, -0.2) is 17.5 Å². The Morgan fingerprint density at radius 2 is 1.46 bits per heavy atom. The summed E-state index contributed by atoms with van der Waals surface area (Å²) >= 11 is 0. The molecule has 0 N–H and O–H groups in total. The largest absolute Gasteiger partial charge is 0.285 e. The summed E-state index contributed by atoms with van der Waals surface area (Å²) in [5.74, 6) is 0. The van der Waals surface area contributed by atoms with Crippen LogP contribution in [0, 0.1) is 0 Å². The number of rotatable bonds is 3. The summed E-state index contributed by atoms with van der Waals surface area (Å²) in [5.41, 5.74) is 6.98. The van der Waals surface area contributed by atoms with Crippen molar-refractivity contribution in [1.82, 2.24) is 0 Å². The van der Waals surface area contributed by atoms with E-state index >= 15 is 0 Å². The molecule has 1 saturated carbocycles. The Bertz CT molecular complexity index is 999. The van der Waals surface area contributed by atoms with E-state index in [0.29, 0.717) is 0 Å². The fourth-order valence-corrected chi connectivity index (χ4v) is 4.90. The van der Waals surface area contributed by atoms with Crippen LogP contribution in [0.2, 0.25) is 0 Å². The van der Waals surface area contributed by atoms with E-state index in [1.54, 1.807) is 0 Å². The summed E-state index contributed by atoms with van der Waals surface area (Å²) in [7, 11) is 0. The molecule has 2 aliphatic rings. The second-order valence-corrected chi connectivity index (χ2v) is 8.35. The van der Waals surface area contributed by atoms with Crippen molar-refractivity contribution in [3.63, 3.8) is 0 Å². The molecule has 0 amide bonds. The quantitative estimate of drug-likeness (QED) is 0.486. The summed E-state index contributed by atoms with van der Waals surface area (Å²) in [6, 6.07) is 28.4. The van der Waals surface area contributed by atoms with Crippen LogP contribution < -0.4 is 4.90 Å². The highest BCUT2D eigenvalue weighted by molar-refractivity contribution is 5.91. The van der Waals surface area contributed by atoms with E-state index in [0.717, 1.165) is 6.67 Å². The molecule has 1 heterocycles. The fourth-order valence-electron chi connectivity index (χ4n) is 4.90. The van der Waals surface area contributed by atoms with E-state index in [1.807, 2.05) is 0 Å². The first-order valence-electron chi connectivity index (χ1n) is 10.4. The van der Waals surface area contributed by atoms with Crippen LogP contribution in [0.5, 0.6) is 0 Å². The third kappa shape index (κ3) is 2.93. The van der Waals surface area contributed by atoms with Gasteiger partial charge in [0.1, 0.15) is 0 Å². The van der Waals surface area contributed by atoms with E-state index in [-0.39, 0.29) is 5.41 Å². The molecule has 0 spiro atoms. The van der Waals surface area contributed by atoms with Gasteiger partial charge in [0.05, 0.1) is 11.3 Å². The SMILES string of the molecule is CC1(c2cccc3c2N(c2ccccc2)C[N+](c2ccccc2)=C3)CCCC1. The van der Waals surface area contributed by atoms with Gasteiger partial charge in [0.15, 0.2) is 6.21 Å². The molecule has 0 atom stereocenters. The number of anilines is 2. The van der Waals surface area contributed by atoms with Gasteiger partial charge in [-0.05, 0) is 42.0 Å². The highest BCUT2D eigenvalue weighted by atomic mass is 15.3. The molecule has 1 fully saturated rings. The highest BCUT2D eigenvalue weighted by Crippen LogP contribution is 2.47. The summed E-state index contributed by atoms with van der Waals surface area (Å²) in [4.78, 5) is 2.50. The molecule has 28 heavy (non-hydrogen) atoms. The zero-order valence-corrected chi connectivity index (χ0v) is 16.5. The summed E-state index contributed by atoms with van der Waals surface area (Å²) in [5, 5.41) is 0. The number of hydrogen-bond acceptors (Lipinski definition) is 1. The smallest absolute Gasteiger partial charge is 0.228 e. The second-order valence-electron chi connectivity index (χ2n) is 8.35. The van der Waals surface area contributed by atoms with Crippen LogP contribution in [0.15, 0.2) is 78.9 Å². The van der Waals surface area contributed by atoms with Crippen molar-refractivity contribution in [1.29, 1.82) is 0 Å². The van der Waals surface area contributed by atoms with Crippen LogP contribution in [0.3, 0.4) is 0 Å². The molecule has 1 aliphatic heterocycles. The maximum Gasteiger partial charge on any atom is 0.228 e. The van der Waals surface area contributed by atoms with Crippen molar-refractivity contribution in [2.24, 2.45) is 0 Å². The van der Waals surface area contributed by atoms with E-state index in [1.165, 1.54) is 53.9 Å². The molecule has 0 bridgehead atoms. The van der Waals surface area contributed by atoms with E-state index in [4.69, 9.17) is 0 Å². The molecule has 3 aromatic carbocycles. The van der Waals surface area contributed by atoms with Gasteiger partial charge in [0.2, 0.25) is 12.4 Å². The van der Waals surface area contributed by atoms with Gasteiger partial charge >= 0.3 is 0 Å². The van der Waals surface area contributed by atoms with Gasteiger partial charge in [-0.2, -0.15) is 4.58 Å². The van der Waals surface area contributed by atoms with Gasteiger partial charge in [-0.15, -0.1) is 0 Å². The molecule has 0 saturated heterocycles. The number of benzene rings is 3. The number of hydrogen-bond donors (Lipinski definition) is 0. The Morgan fingerprint density at radius 1 is 0.786 bits per heavy atom. The molecule has 0 unspecified atom stereocenters. The number of para-hydroxylation sites is 3. The average Bonchev–Trinajstić information content (AvgIpc) is 3.21. The maximum absolute atomic E-state index is 2.50. The first-order chi connectivity index (χ1) is 13.7. The maximum atomic E-state index is 2.50. The third-order valence-electron chi connectivity index (χ3n) is 6.44. The predicted molar refractivity (Wildman–Crippen MR) is 117 cm³/mol. The average molecular weight is 368 g/mol. The Morgan fingerprint density at radius 3 is 2.18 bits per heavy atom. The molecular weight excluding hydrogens is 340 g/mol. The van der Waals surface area contributed by atoms with Gasteiger partial charge in [-0.1, -0.05) is 68.3 Å². The first-order valence-corrected chi connectivity index (χ1v) is 10.4. The van der Waals surface area contributed by atoms with Crippen molar-refractivity contribution in [2.45, 2.75) is 38.0 Å². The van der Waals surface area contributed by atoms with E-state index in [2.05, 4.69) is 101 Å². The Kier molecular flexibility index (Phi) is 4.27. The molecule has 2 nitrogen and oxygen atoms in total. The lowest BCUT2D eigenvalue weighted by Gasteiger charge is -2.35. The summed E-state index contributed by atoms with van der Waals surface area (Å²) < 4.78 is 2.36.